The van der Waals surface area contributed by atoms with E-state index in [1.54, 1.807) is 24.1 Å². The zero-order valence-corrected chi connectivity index (χ0v) is 18.2. The Labute approximate surface area is 188 Å². The summed E-state index contributed by atoms with van der Waals surface area (Å²) in [4.78, 5) is 15.8. The van der Waals surface area contributed by atoms with Gasteiger partial charge in [0, 0.05) is 11.1 Å². The maximum atomic E-state index is 13.4. The zero-order chi connectivity index (χ0) is 22.3. The second-order valence-electron chi connectivity index (χ2n) is 7.99. The Morgan fingerprint density at radius 2 is 1.72 bits per heavy atom. The van der Waals surface area contributed by atoms with Gasteiger partial charge < -0.3 is 19.3 Å². The highest BCUT2D eigenvalue weighted by Crippen LogP contribution is 2.28. The van der Waals surface area contributed by atoms with Gasteiger partial charge in [0.25, 0.3) is 5.91 Å². The number of ether oxygens (including phenoxy) is 2. The van der Waals surface area contributed by atoms with Crippen LogP contribution >= 0.6 is 0 Å². The number of halogens is 1. The molecule has 6 heteroatoms. The molecule has 5 nitrogen and oxygen atoms in total. The minimum Gasteiger partial charge on any atom is -0.493 e. The van der Waals surface area contributed by atoms with E-state index < -0.39 is 0 Å². The lowest BCUT2D eigenvalue weighted by Gasteiger charge is -2.32. The lowest BCUT2D eigenvalue weighted by Crippen LogP contribution is -3.13. The number of hydrogen-bond donors (Lipinski definition) is 1. The summed E-state index contributed by atoms with van der Waals surface area (Å²) in [5, 5.41) is 0. The number of amides is 1. The SMILES string of the molecule is COc1ccc(C[NH+]2CCN(C(=O)c3cccc(F)c3)CC2)cc1OCc1ccccc1. The first-order valence-corrected chi connectivity index (χ1v) is 10.8. The van der Waals surface area contributed by atoms with Crippen molar-refractivity contribution >= 4 is 5.91 Å². The summed E-state index contributed by atoms with van der Waals surface area (Å²) in [5.41, 5.74) is 2.67. The second kappa shape index (κ2) is 10.3. The third kappa shape index (κ3) is 5.45. The number of carbonyl (C=O) groups excluding carboxylic acids is 1. The number of quaternary nitrogens is 1. The summed E-state index contributed by atoms with van der Waals surface area (Å²) >= 11 is 0. The van der Waals surface area contributed by atoms with Crippen molar-refractivity contribution in [1.82, 2.24) is 4.90 Å². The molecule has 3 aromatic rings. The Morgan fingerprint density at radius 3 is 2.44 bits per heavy atom. The van der Waals surface area contributed by atoms with E-state index in [2.05, 4.69) is 6.07 Å². The molecular formula is C26H28FN2O3+. The van der Waals surface area contributed by atoms with Crippen molar-refractivity contribution in [2.45, 2.75) is 13.2 Å². The van der Waals surface area contributed by atoms with E-state index in [1.165, 1.54) is 17.0 Å². The van der Waals surface area contributed by atoms with Crippen LogP contribution in [0.4, 0.5) is 4.39 Å². The van der Waals surface area contributed by atoms with Gasteiger partial charge in [-0.3, -0.25) is 4.79 Å². The molecule has 1 aliphatic heterocycles. The number of rotatable bonds is 7. The number of nitrogens with zero attached hydrogens (tertiary/aromatic N) is 1. The fourth-order valence-electron chi connectivity index (χ4n) is 3.97. The lowest BCUT2D eigenvalue weighted by molar-refractivity contribution is -0.917. The number of methoxy groups -OCH3 is 1. The van der Waals surface area contributed by atoms with Gasteiger partial charge in [0.2, 0.25) is 0 Å². The fraction of sp³-hybridized carbons (Fsp3) is 0.269. The molecule has 1 aliphatic rings. The maximum absolute atomic E-state index is 13.4. The van der Waals surface area contributed by atoms with Crippen molar-refractivity contribution in [3.63, 3.8) is 0 Å². The van der Waals surface area contributed by atoms with Gasteiger partial charge in [-0.1, -0.05) is 36.4 Å². The van der Waals surface area contributed by atoms with E-state index in [1.807, 2.05) is 42.5 Å². The molecule has 0 radical (unpaired) electrons. The Morgan fingerprint density at radius 1 is 0.938 bits per heavy atom. The van der Waals surface area contributed by atoms with Crippen LogP contribution in [-0.2, 0) is 13.2 Å². The van der Waals surface area contributed by atoms with E-state index >= 15 is 0 Å². The average Bonchev–Trinajstić information content (AvgIpc) is 2.83. The van der Waals surface area contributed by atoms with Crippen molar-refractivity contribution in [3.05, 3.63) is 95.3 Å². The van der Waals surface area contributed by atoms with Gasteiger partial charge in [0.05, 0.1) is 33.3 Å². The van der Waals surface area contributed by atoms with Crippen molar-refractivity contribution in [1.29, 1.82) is 0 Å². The predicted molar refractivity (Wildman–Crippen MR) is 120 cm³/mol. The van der Waals surface area contributed by atoms with Crippen LogP contribution in [-0.4, -0.2) is 44.1 Å². The van der Waals surface area contributed by atoms with Crippen LogP contribution < -0.4 is 14.4 Å². The average molecular weight is 436 g/mol. The topological polar surface area (TPSA) is 43.2 Å². The van der Waals surface area contributed by atoms with E-state index in [-0.39, 0.29) is 11.7 Å². The van der Waals surface area contributed by atoms with Gasteiger partial charge in [0.15, 0.2) is 11.5 Å². The zero-order valence-electron chi connectivity index (χ0n) is 18.2. The van der Waals surface area contributed by atoms with Crippen LogP contribution in [0.3, 0.4) is 0 Å². The van der Waals surface area contributed by atoms with Crippen LogP contribution in [0.25, 0.3) is 0 Å². The summed E-state index contributed by atoms with van der Waals surface area (Å²) in [6.45, 7) is 4.30. The van der Waals surface area contributed by atoms with Gasteiger partial charge in [-0.05, 0) is 42.0 Å². The number of carbonyl (C=O) groups is 1. The van der Waals surface area contributed by atoms with Crippen molar-refractivity contribution in [3.8, 4) is 11.5 Å². The van der Waals surface area contributed by atoms with Crippen LogP contribution in [0.1, 0.15) is 21.5 Å². The number of hydrogen-bond acceptors (Lipinski definition) is 3. The molecule has 1 fully saturated rings. The smallest absolute Gasteiger partial charge is 0.254 e. The summed E-state index contributed by atoms with van der Waals surface area (Å²) in [6, 6.07) is 22.0. The Bertz CT molecular complexity index is 1050. The third-order valence-corrected chi connectivity index (χ3v) is 5.75. The molecule has 1 N–H and O–H groups in total. The van der Waals surface area contributed by atoms with Gasteiger partial charge in [-0.15, -0.1) is 0 Å². The first-order valence-electron chi connectivity index (χ1n) is 10.8. The molecule has 3 aromatic carbocycles. The summed E-state index contributed by atoms with van der Waals surface area (Å²) in [6.07, 6.45) is 0. The Kier molecular flexibility index (Phi) is 7.02. The van der Waals surface area contributed by atoms with E-state index in [4.69, 9.17) is 9.47 Å². The molecular weight excluding hydrogens is 407 g/mol. The van der Waals surface area contributed by atoms with Crippen LogP contribution in [0.5, 0.6) is 11.5 Å². The van der Waals surface area contributed by atoms with Crippen molar-refractivity contribution in [2.24, 2.45) is 0 Å². The normalized spacial score (nSPS) is 14.2. The van der Waals surface area contributed by atoms with E-state index in [0.29, 0.717) is 31.0 Å². The molecule has 1 heterocycles. The molecule has 0 unspecified atom stereocenters. The van der Waals surface area contributed by atoms with Crippen molar-refractivity contribution < 1.29 is 23.6 Å². The maximum Gasteiger partial charge on any atom is 0.254 e. The number of piperazine rings is 1. The number of benzene rings is 3. The highest BCUT2D eigenvalue weighted by atomic mass is 19.1. The standard InChI is InChI=1S/C26H27FN2O3/c1-31-24-11-10-21(16-25(24)32-19-20-6-3-2-4-7-20)18-28-12-14-29(15-13-28)26(30)22-8-5-9-23(27)17-22/h2-11,16-17H,12-15,18-19H2,1H3/p+1. The molecule has 166 valence electrons. The third-order valence-electron chi connectivity index (χ3n) is 5.75. The summed E-state index contributed by atoms with van der Waals surface area (Å²) in [7, 11) is 1.64. The number of nitrogens with one attached hydrogen (secondary N) is 1. The van der Waals surface area contributed by atoms with Crippen molar-refractivity contribution in [2.75, 3.05) is 33.3 Å². The summed E-state index contributed by atoms with van der Waals surface area (Å²) in [5.74, 6) is 0.952. The largest absolute Gasteiger partial charge is 0.493 e. The van der Waals surface area contributed by atoms with Crippen LogP contribution in [0, 0.1) is 5.82 Å². The molecule has 32 heavy (non-hydrogen) atoms. The quantitative estimate of drug-likeness (QED) is 0.621. The van der Waals surface area contributed by atoms with E-state index in [0.717, 1.165) is 36.5 Å². The molecule has 0 bridgehead atoms. The van der Waals surface area contributed by atoms with Gasteiger partial charge in [0.1, 0.15) is 19.0 Å². The molecule has 4 rings (SSSR count). The monoisotopic (exact) mass is 435 g/mol. The predicted octanol–water partition coefficient (Wildman–Crippen LogP) is 2.95. The highest BCUT2D eigenvalue weighted by molar-refractivity contribution is 5.94. The van der Waals surface area contributed by atoms with Crippen LogP contribution in [0.2, 0.25) is 0 Å². The molecule has 1 amide bonds. The molecule has 1 saturated heterocycles. The van der Waals surface area contributed by atoms with Gasteiger partial charge in [-0.2, -0.15) is 0 Å². The lowest BCUT2D eigenvalue weighted by atomic mass is 10.1. The second-order valence-corrected chi connectivity index (χ2v) is 7.99. The first-order chi connectivity index (χ1) is 15.6. The molecule has 0 aliphatic carbocycles. The van der Waals surface area contributed by atoms with E-state index in [9.17, 15) is 9.18 Å². The minimum absolute atomic E-state index is 0.107. The molecule has 0 aromatic heterocycles. The molecule has 0 atom stereocenters. The first kappa shape index (κ1) is 21.8. The Hall–Kier alpha value is -3.38. The highest BCUT2D eigenvalue weighted by Gasteiger charge is 2.25. The van der Waals surface area contributed by atoms with Gasteiger partial charge in [-0.25, -0.2) is 4.39 Å². The summed E-state index contributed by atoms with van der Waals surface area (Å²) < 4.78 is 24.9. The molecule has 0 saturated carbocycles. The van der Waals surface area contributed by atoms with Gasteiger partial charge >= 0.3 is 0 Å². The van der Waals surface area contributed by atoms with Crippen LogP contribution in [0.15, 0.2) is 72.8 Å². The molecule has 0 spiro atoms. The minimum atomic E-state index is -0.384. The fourth-order valence-corrected chi connectivity index (χ4v) is 3.97. The Balaban J connectivity index is 1.35.